The van der Waals surface area contributed by atoms with E-state index in [0.29, 0.717) is 22.1 Å². The molecular weight excluding hydrogens is 407 g/mol. The van der Waals surface area contributed by atoms with Crippen LogP contribution in [-0.2, 0) is 9.59 Å². The van der Waals surface area contributed by atoms with Crippen molar-refractivity contribution in [3.63, 3.8) is 0 Å². The van der Waals surface area contributed by atoms with Crippen LogP contribution in [0.2, 0.25) is 0 Å². The number of benzene rings is 2. The third-order valence-electron chi connectivity index (χ3n) is 4.60. The fourth-order valence-electron chi connectivity index (χ4n) is 3.06. The number of carbonyl (C=O) groups excluding carboxylic acids is 3. The van der Waals surface area contributed by atoms with Crippen LogP contribution < -0.4 is 16.0 Å². The zero-order valence-corrected chi connectivity index (χ0v) is 16.5. The fourth-order valence-corrected chi connectivity index (χ4v) is 3.79. The minimum Gasteiger partial charge on any atom is -0.340 e. The van der Waals surface area contributed by atoms with E-state index in [1.54, 1.807) is 41.8 Å². The standard InChI is InChI=1S/C21H17FN4O3S/c22-13-7-5-12(6-8-13)17-11-30-21(25-17)26-18(27)10-9-16-20(29)23-15-4-2-1-3-14(15)19(28)24-16/h1-8,11,16H,9-10H2,(H,23,29)(H,24,28)(H,25,26,27). The van der Waals surface area contributed by atoms with E-state index in [0.717, 1.165) is 5.56 Å². The number of nitrogens with zero attached hydrogens (tertiary/aromatic N) is 1. The number of hydrogen-bond acceptors (Lipinski definition) is 5. The first-order valence-electron chi connectivity index (χ1n) is 9.21. The number of carbonyl (C=O) groups is 3. The summed E-state index contributed by atoms with van der Waals surface area (Å²) in [5, 5.41) is 10.2. The minimum absolute atomic E-state index is 0.0279. The lowest BCUT2D eigenvalue weighted by molar-refractivity contribution is -0.118. The molecule has 0 aliphatic carbocycles. The number of nitrogens with one attached hydrogen (secondary N) is 3. The Morgan fingerprint density at radius 2 is 1.90 bits per heavy atom. The predicted molar refractivity (Wildman–Crippen MR) is 112 cm³/mol. The van der Waals surface area contributed by atoms with E-state index in [1.165, 1.54) is 23.5 Å². The second-order valence-electron chi connectivity index (χ2n) is 6.69. The summed E-state index contributed by atoms with van der Waals surface area (Å²) in [5.41, 5.74) is 2.20. The maximum absolute atomic E-state index is 13.0. The van der Waals surface area contributed by atoms with Crippen molar-refractivity contribution in [3.05, 3.63) is 65.3 Å². The largest absolute Gasteiger partial charge is 0.340 e. The average molecular weight is 424 g/mol. The Bertz CT molecular complexity index is 1110. The van der Waals surface area contributed by atoms with E-state index < -0.39 is 6.04 Å². The summed E-state index contributed by atoms with van der Waals surface area (Å²) in [5.74, 6) is -1.38. The first-order valence-corrected chi connectivity index (χ1v) is 10.1. The van der Waals surface area contributed by atoms with Crippen molar-refractivity contribution in [1.29, 1.82) is 0 Å². The molecule has 0 bridgehead atoms. The zero-order valence-electron chi connectivity index (χ0n) is 15.6. The SMILES string of the molecule is O=C(CCC1NC(=O)c2ccccc2NC1=O)Nc1nc(-c2ccc(F)cc2)cs1. The molecule has 1 aliphatic heterocycles. The highest BCUT2D eigenvalue weighted by atomic mass is 32.1. The Morgan fingerprint density at radius 1 is 1.13 bits per heavy atom. The summed E-state index contributed by atoms with van der Waals surface area (Å²) in [7, 11) is 0. The van der Waals surface area contributed by atoms with E-state index in [4.69, 9.17) is 0 Å². The van der Waals surface area contributed by atoms with Gasteiger partial charge in [-0.25, -0.2) is 9.37 Å². The van der Waals surface area contributed by atoms with Crippen molar-refractivity contribution < 1.29 is 18.8 Å². The molecule has 2 aromatic carbocycles. The van der Waals surface area contributed by atoms with Gasteiger partial charge in [-0.05, 0) is 42.8 Å². The van der Waals surface area contributed by atoms with Crippen molar-refractivity contribution in [2.75, 3.05) is 10.6 Å². The molecule has 3 N–H and O–H groups in total. The van der Waals surface area contributed by atoms with Crippen LogP contribution >= 0.6 is 11.3 Å². The van der Waals surface area contributed by atoms with Gasteiger partial charge < -0.3 is 16.0 Å². The molecule has 9 heteroatoms. The van der Waals surface area contributed by atoms with Crippen LogP contribution in [0.25, 0.3) is 11.3 Å². The summed E-state index contributed by atoms with van der Waals surface area (Å²) < 4.78 is 13.0. The lowest BCUT2D eigenvalue weighted by Crippen LogP contribution is -2.41. The molecule has 1 atom stereocenters. The number of halogens is 1. The molecule has 0 saturated heterocycles. The smallest absolute Gasteiger partial charge is 0.254 e. The van der Waals surface area contributed by atoms with Crippen molar-refractivity contribution in [1.82, 2.24) is 10.3 Å². The van der Waals surface area contributed by atoms with Crippen molar-refractivity contribution >= 4 is 39.9 Å². The molecule has 30 heavy (non-hydrogen) atoms. The monoisotopic (exact) mass is 424 g/mol. The molecule has 3 amide bonds. The van der Waals surface area contributed by atoms with Gasteiger partial charge in [-0.15, -0.1) is 11.3 Å². The van der Waals surface area contributed by atoms with Gasteiger partial charge in [0.25, 0.3) is 5.91 Å². The van der Waals surface area contributed by atoms with Crippen LogP contribution in [0.3, 0.4) is 0 Å². The predicted octanol–water partition coefficient (Wildman–Crippen LogP) is 3.42. The first kappa shape index (κ1) is 19.7. The number of fused-ring (bicyclic) bond motifs is 1. The third-order valence-corrected chi connectivity index (χ3v) is 5.36. The molecule has 0 fully saturated rings. The number of amides is 3. The highest BCUT2D eigenvalue weighted by Crippen LogP contribution is 2.25. The Hall–Kier alpha value is -3.59. The molecule has 0 radical (unpaired) electrons. The topological polar surface area (TPSA) is 100 Å². The van der Waals surface area contributed by atoms with Gasteiger partial charge in [0, 0.05) is 17.4 Å². The molecule has 7 nitrogen and oxygen atoms in total. The fraction of sp³-hybridized carbons (Fsp3) is 0.143. The van der Waals surface area contributed by atoms with Gasteiger partial charge in [-0.1, -0.05) is 12.1 Å². The number of rotatable bonds is 5. The third kappa shape index (κ3) is 4.36. The molecule has 152 valence electrons. The number of thiazole rings is 1. The Labute approximate surface area is 175 Å². The molecule has 1 aromatic heterocycles. The second kappa shape index (κ2) is 8.42. The van der Waals surface area contributed by atoms with Crippen LogP contribution in [0.4, 0.5) is 15.2 Å². The van der Waals surface area contributed by atoms with Gasteiger partial charge in [0.15, 0.2) is 5.13 Å². The maximum atomic E-state index is 13.0. The number of para-hydroxylation sites is 1. The normalized spacial score (nSPS) is 15.6. The first-order chi connectivity index (χ1) is 14.5. The van der Waals surface area contributed by atoms with Gasteiger partial charge >= 0.3 is 0 Å². The Balaban J connectivity index is 1.34. The highest BCUT2D eigenvalue weighted by molar-refractivity contribution is 7.14. The molecule has 1 unspecified atom stereocenters. The molecule has 0 saturated carbocycles. The van der Waals surface area contributed by atoms with Gasteiger partial charge in [0.2, 0.25) is 11.8 Å². The molecule has 1 aliphatic rings. The van der Waals surface area contributed by atoms with E-state index in [2.05, 4.69) is 20.9 Å². The second-order valence-corrected chi connectivity index (χ2v) is 7.55. The minimum atomic E-state index is -0.818. The summed E-state index contributed by atoms with van der Waals surface area (Å²) in [6.45, 7) is 0. The lowest BCUT2D eigenvalue weighted by atomic mass is 10.1. The summed E-state index contributed by atoms with van der Waals surface area (Å²) in [6.07, 6.45) is 0.174. The lowest BCUT2D eigenvalue weighted by Gasteiger charge is -2.13. The molecular formula is C21H17FN4O3S. The number of hydrogen-bond donors (Lipinski definition) is 3. The van der Waals surface area contributed by atoms with E-state index in [9.17, 15) is 18.8 Å². The summed E-state index contributed by atoms with van der Waals surface area (Å²) in [4.78, 5) is 41.3. The molecule has 0 spiro atoms. The Kier molecular flexibility index (Phi) is 5.53. The molecule has 4 rings (SSSR count). The number of anilines is 2. The van der Waals surface area contributed by atoms with Crippen LogP contribution in [0.1, 0.15) is 23.2 Å². The van der Waals surface area contributed by atoms with E-state index >= 15 is 0 Å². The summed E-state index contributed by atoms with van der Waals surface area (Å²) in [6, 6.07) is 11.8. The van der Waals surface area contributed by atoms with Gasteiger partial charge in [-0.2, -0.15) is 0 Å². The van der Waals surface area contributed by atoms with E-state index in [-0.39, 0.29) is 36.4 Å². The van der Waals surface area contributed by atoms with Crippen LogP contribution in [0.5, 0.6) is 0 Å². The summed E-state index contributed by atoms with van der Waals surface area (Å²) >= 11 is 1.25. The van der Waals surface area contributed by atoms with Crippen LogP contribution in [0, 0.1) is 5.82 Å². The van der Waals surface area contributed by atoms with Crippen molar-refractivity contribution in [3.8, 4) is 11.3 Å². The Morgan fingerprint density at radius 3 is 2.70 bits per heavy atom. The van der Waals surface area contributed by atoms with Crippen LogP contribution in [0.15, 0.2) is 53.9 Å². The van der Waals surface area contributed by atoms with Gasteiger partial charge in [0.1, 0.15) is 11.9 Å². The van der Waals surface area contributed by atoms with Crippen molar-refractivity contribution in [2.24, 2.45) is 0 Å². The van der Waals surface area contributed by atoms with Gasteiger partial charge in [-0.3, -0.25) is 14.4 Å². The maximum Gasteiger partial charge on any atom is 0.254 e. The van der Waals surface area contributed by atoms with Crippen molar-refractivity contribution in [2.45, 2.75) is 18.9 Å². The van der Waals surface area contributed by atoms with Gasteiger partial charge in [0.05, 0.1) is 16.9 Å². The average Bonchev–Trinajstić information content (AvgIpc) is 3.15. The van der Waals surface area contributed by atoms with Crippen LogP contribution in [-0.4, -0.2) is 28.7 Å². The molecule has 3 aromatic rings. The highest BCUT2D eigenvalue weighted by Gasteiger charge is 2.27. The zero-order chi connectivity index (χ0) is 21.1. The molecule has 2 heterocycles. The number of aromatic nitrogens is 1. The quantitative estimate of drug-likeness (QED) is 0.584. The van der Waals surface area contributed by atoms with E-state index in [1.807, 2.05) is 0 Å².